The fourth-order valence-corrected chi connectivity index (χ4v) is 5.88. The average molecular weight is 601 g/mol. The fraction of sp³-hybridized carbons (Fsp3) is 0.735. The van der Waals surface area contributed by atoms with Crippen molar-refractivity contribution in [3.63, 3.8) is 0 Å². The number of hydroxylamine groups is 1. The van der Waals surface area contributed by atoms with Gasteiger partial charge in [0.2, 0.25) is 17.7 Å². The average Bonchev–Trinajstić information content (AvgIpc) is 3.47. The fourth-order valence-electron chi connectivity index (χ4n) is 5.88. The molecule has 1 saturated carbocycles. The van der Waals surface area contributed by atoms with Gasteiger partial charge in [-0.15, -0.1) is 0 Å². The van der Waals surface area contributed by atoms with Crippen LogP contribution in [0.2, 0.25) is 0 Å². The van der Waals surface area contributed by atoms with E-state index in [0.717, 1.165) is 45.3 Å². The summed E-state index contributed by atoms with van der Waals surface area (Å²) in [6.45, 7) is 18.0. The maximum atomic E-state index is 13.8. The van der Waals surface area contributed by atoms with E-state index in [0.29, 0.717) is 38.0 Å². The molecule has 1 aromatic carbocycles. The van der Waals surface area contributed by atoms with Crippen LogP contribution >= 0.6 is 0 Å². The van der Waals surface area contributed by atoms with Gasteiger partial charge >= 0.3 is 0 Å². The highest BCUT2D eigenvalue weighted by Crippen LogP contribution is 2.32. The number of nitrogens with one attached hydrogen (secondary N) is 2. The number of nitrogens with zero attached hydrogens (tertiary/aromatic N) is 2. The van der Waals surface area contributed by atoms with Crippen LogP contribution < -0.4 is 10.8 Å². The van der Waals surface area contributed by atoms with E-state index in [1.54, 1.807) is 6.92 Å². The van der Waals surface area contributed by atoms with Crippen LogP contribution in [0.1, 0.15) is 91.2 Å². The van der Waals surface area contributed by atoms with Crippen LogP contribution in [0.4, 0.5) is 0 Å². The normalized spacial score (nSPS) is 18.8. The van der Waals surface area contributed by atoms with Gasteiger partial charge in [0.15, 0.2) is 6.29 Å². The van der Waals surface area contributed by atoms with Crippen molar-refractivity contribution in [3.8, 4) is 0 Å². The summed E-state index contributed by atoms with van der Waals surface area (Å²) in [4.78, 5) is 50.1. The van der Waals surface area contributed by atoms with E-state index in [1.165, 1.54) is 11.1 Å². The number of rotatable bonds is 14. The molecule has 0 aromatic heterocycles. The van der Waals surface area contributed by atoms with E-state index in [1.807, 2.05) is 39.5 Å². The Morgan fingerprint density at radius 1 is 0.977 bits per heavy atom. The van der Waals surface area contributed by atoms with Crippen LogP contribution in [0, 0.1) is 30.1 Å². The molecule has 43 heavy (non-hydrogen) atoms. The van der Waals surface area contributed by atoms with E-state index >= 15 is 0 Å². The summed E-state index contributed by atoms with van der Waals surface area (Å²) in [5, 5.41) is 3.10. The number of carbonyl (C=O) groups excluding carboxylic acids is 3. The van der Waals surface area contributed by atoms with Crippen molar-refractivity contribution in [1.29, 1.82) is 0 Å². The Labute approximate surface area is 259 Å². The van der Waals surface area contributed by atoms with Gasteiger partial charge in [0.25, 0.3) is 0 Å². The molecule has 0 radical (unpaired) electrons. The Morgan fingerprint density at radius 3 is 2.19 bits per heavy atom. The zero-order chi connectivity index (χ0) is 31.6. The highest BCUT2D eigenvalue weighted by molar-refractivity contribution is 5.91. The van der Waals surface area contributed by atoms with E-state index in [9.17, 15) is 14.4 Å². The molecule has 1 aliphatic carbocycles. The molecule has 0 spiro atoms. The van der Waals surface area contributed by atoms with Gasteiger partial charge in [0, 0.05) is 45.1 Å². The minimum absolute atomic E-state index is 0.00196. The lowest BCUT2D eigenvalue weighted by atomic mass is 9.84. The first-order valence-electron chi connectivity index (χ1n) is 16.2. The molecular formula is C34H56N4O5. The summed E-state index contributed by atoms with van der Waals surface area (Å²) in [6.07, 6.45) is 4.47. The Hall–Kier alpha value is -2.49. The number of benzene rings is 1. The summed E-state index contributed by atoms with van der Waals surface area (Å²) < 4.78 is 5.57. The molecule has 2 N–H and O–H groups in total. The standard InChI is InChI=1S/C34H56N4O5/c1-24(2)23-42-26(4)43-36-30(39)21-29(20-27-10-8-9-11-27)32(40)35-31(34(5,6)7)33(41)38-18-16-37(17-19-38)22-28-14-12-25(3)13-15-28/h12-15,24,26-27,29,31H,8-11,16-23H2,1-7H3,(H,35,40)(H,36,39)/t26?,29-,31?/m1/s1. The molecule has 3 amide bonds. The molecule has 9 nitrogen and oxygen atoms in total. The van der Waals surface area contributed by atoms with E-state index < -0.39 is 23.7 Å². The maximum absolute atomic E-state index is 13.8. The zero-order valence-corrected chi connectivity index (χ0v) is 27.6. The molecule has 242 valence electrons. The first kappa shape index (κ1) is 35.0. The summed E-state index contributed by atoms with van der Waals surface area (Å²) >= 11 is 0. The molecule has 3 atom stereocenters. The predicted octanol–water partition coefficient (Wildman–Crippen LogP) is 4.82. The third kappa shape index (κ3) is 11.8. The second kappa shape index (κ2) is 16.5. The van der Waals surface area contributed by atoms with Gasteiger partial charge in [-0.2, -0.15) is 0 Å². The van der Waals surface area contributed by atoms with Gasteiger partial charge in [0.05, 0.1) is 6.61 Å². The van der Waals surface area contributed by atoms with Gasteiger partial charge in [-0.3, -0.25) is 19.3 Å². The molecule has 1 aliphatic heterocycles. The number of piperazine rings is 1. The largest absolute Gasteiger partial charge is 0.350 e. The molecule has 0 bridgehead atoms. The third-order valence-corrected chi connectivity index (χ3v) is 8.51. The summed E-state index contributed by atoms with van der Waals surface area (Å²) in [6, 6.07) is 7.90. The van der Waals surface area contributed by atoms with E-state index in [-0.39, 0.29) is 24.1 Å². The van der Waals surface area contributed by atoms with Gasteiger partial charge in [0.1, 0.15) is 6.04 Å². The van der Waals surface area contributed by atoms with Crippen molar-refractivity contribution in [3.05, 3.63) is 35.4 Å². The number of hydrogen-bond donors (Lipinski definition) is 2. The van der Waals surface area contributed by atoms with Gasteiger partial charge in [-0.1, -0.05) is 90.1 Å². The smallest absolute Gasteiger partial charge is 0.245 e. The Bertz CT molecular complexity index is 1020. The second-order valence-electron chi connectivity index (χ2n) is 14.1. The van der Waals surface area contributed by atoms with Crippen molar-refractivity contribution in [2.75, 3.05) is 32.8 Å². The Kier molecular flexibility index (Phi) is 13.5. The molecule has 2 unspecified atom stereocenters. The van der Waals surface area contributed by atoms with E-state index in [2.05, 4.69) is 46.9 Å². The van der Waals surface area contributed by atoms with Crippen molar-refractivity contribution in [1.82, 2.24) is 20.6 Å². The lowest BCUT2D eigenvalue weighted by Gasteiger charge is -2.40. The van der Waals surface area contributed by atoms with Crippen LogP contribution in [0.5, 0.6) is 0 Å². The van der Waals surface area contributed by atoms with Crippen LogP contribution in [-0.4, -0.2) is 72.6 Å². The van der Waals surface area contributed by atoms with Gasteiger partial charge in [-0.25, -0.2) is 10.3 Å². The summed E-state index contributed by atoms with van der Waals surface area (Å²) in [5.74, 6) is -0.439. The summed E-state index contributed by atoms with van der Waals surface area (Å²) in [5.41, 5.74) is 4.50. The molecule has 3 rings (SSSR count). The van der Waals surface area contributed by atoms with Crippen LogP contribution in [0.15, 0.2) is 24.3 Å². The SMILES string of the molecule is Cc1ccc(CN2CCN(C(=O)C(NC(=O)[C@@H](CC(=O)NOC(C)OCC(C)C)CC3CCCC3)C(C)(C)C)CC2)cc1. The van der Waals surface area contributed by atoms with Crippen LogP contribution in [0.3, 0.4) is 0 Å². The first-order chi connectivity index (χ1) is 20.3. The Balaban J connectivity index is 1.60. The van der Waals surface area contributed by atoms with Gasteiger partial charge < -0.3 is 15.0 Å². The summed E-state index contributed by atoms with van der Waals surface area (Å²) in [7, 11) is 0. The number of amides is 3. The lowest BCUT2D eigenvalue weighted by molar-refractivity contribution is -0.183. The Morgan fingerprint density at radius 2 is 1.60 bits per heavy atom. The van der Waals surface area contributed by atoms with Crippen molar-refractivity contribution < 1.29 is 24.0 Å². The minimum Gasteiger partial charge on any atom is -0.350 e. The number of hydrogen-bond acceptors (Lipinski definition) is 6. The van der Waals surface area contributed by atoms with Crippen LogP contribution in [-0.2, 0) is 30.5 Å². The van der Waals surface area contributed by atoms with Crippen LogP contribution in [0.25, 0.3) is 0 Å². The number of ether oxygens (including phenoxy) is 1. The monoisotopic (exact) mass is 600 g/mol. The van der Waals surface area contributed by atoms with Crippen molar-refractivity contribution in [2.45, 2.75) is 106 Å². The second-order valence-corrected chi connectivity index (χ2v) is 14.1. The molecular weight excluding hydrogens is 544 g/mol. The molecule has 1 aromatic rings. The number of carbonyl (C=O) groups is 3. The van der Waals surface area contributed by atoms with E-state index in [4.69, 9.17) is 9.57 Å². The predicted molar refractivity (Wildman–Crippen MR) is 169 cm³/mol. The molecule has 2 fully saturated rings. The zero-order valence-electron chi connectivity index (χ0n) is 27.6. The maximum Gasteiger partial charge on any atom is 0.245 e. The topological polar surface area (TPSA) is 100 Å². The minimum atomic E-state index is -0.682. The van der Waals surface area contributed by atoms with Gasteiger partial charge in [-0.05, 0) is 43.1 Å². The highest BCUT2D eigenvalue weighted by atomic mass is 16.8. The number of aryl methyl sites for hydroxylation is 1. The van der Waals surface area contributed by atoms with Crippen molar-refractivity contribution >= 4 is 17.7 Å². The molecule has 1 heterocycles. The third-order valence-electron chi connectivity index (χ3n) is 8.51. The molecule has 2 aliphatic rings. The highest BCUT2D eigenvalue weighted by Gasteiger charge is 2.38. The van der Waals surface area contributed by atoms with Crippen molar-refractivity contribution in [2.24, 2.45) is 23.2 Å². The molecule has 1 saturated heterocycles. The lowest BCUT2D eigenvalue weighted by Crippen LogP contribution is -2.59. The quantitative estimate of drug-likeness (QED) is 0.235. The molecule has 9 heteroatoms. The first-order valence-corrected chi connectivity index (χ1v) is 16.2.